The van der Waals surface area contributed by atoms with Crippen molar-refractivity contribution >= 4 is 106 Å². The minimum absolute atomic E-state index is 0.0655. The zero-order valence-corrected chi connectivity index (χ0v) is 25.9. The number of para-hydroxylation sites is 2. The monoisotopic (exact) mass is 642 g/mol. The number of benzene rings is 7. The van der Waals surface area contributed by atoms with E-state index < -0.39 is 24.2 Å². The minimum Gasteiger partial charge on any atom is -0.278 e. The summed E-state index contributed by atoms with van der Waals surface area (Å²) in [6.45, 7) is 0. The third kappa shape index (κ3) is 3.61. The summed E-state index contributed by atoms with van der Waals surface area (Å²) in [6.07, 6.45) is 0. The molecule has 0 spiro atoms. The van der Waals surface area contributed by atoms with Crippen LogP contribution in [-0.4, -0.2) is 14.5 Å². The Labute approximate surface area is 289 Å². The molecule has 0 N–H and O–H groups in total. The molecule has 47 heavy (non-hydrogen) atoms. The highest BCUT2D eigenvalue weighted by molar-refractivity contribution is 7.27. The van der Waals surface area contributed by atoms with Gasteiger partial charge in [0.05, 0.1) is 34.6 Å². The van der Waals surface area contributed by atoms with Gasteiger partial charge in [-0.25, -0.2) is 9.97 Å². The zero-order chi connectivity index (χ0) is 38.5. The van der Waals surface area contributed by atoms with E-state index in [-0.39, 0.29) is 72.4 Å². The Kier molecular flexibility index (Phi) is 3.72. The van der Waals surface area contributed by atoms with E-state index in [0.717, 1.165) is 43.2 Å². The summed E-state index contributed by atoms with van der Waals surface area (Å²) in [5.41, 5.74) is 2.67. The van der Waals surface area contributed by atoms with Crippen molar-refractivity contribution in [1.82, 2.24) is 14.5 Å². The number of thiophene rings is 2. The van der Waals surface area contributed by atoms with E-state index in [1.54, 1.807) is 11.3 Å². The number of aromatic nitrogens is 3. The van der Waals surface area contributed by atoms with Gasteiger partial charge in [0.1, 0.15) is 0 Å². The van der Waals surface area contributed by atoms with E-state index in [0.29, 0.717) is 16.9 Å². The minimum atomic E-state index is -0.520. The van der Waals surface area contributed by atoms with Crippen molar-refractivity contribution in [2.45, 2.75) is 0 Å². The van der Waals surface area contributed by atoms with Gasteiger partial charge in [0.2, 0.25) is 5.95 Å². The molecule has 0 aliphatic rings. The van der Waals surface area contributed by atoms with Gasteiger partial charge in [0.15, 0.2) is 0 Å². The maximum absolute atomic E-state index is 9.73. The molecule has 4 aromatic heterocycles. The van der Waals surface area contributed by atoms with Crippen LogP contribution in [0.1, 0.15) is 12.3 Å². The highest BCUT2D eigenvalue weighted by atomic mass is 32.1. The third-order valence-corrected chi connectivity index (χ3v) is 11.1. The van der Waals surface area contributed by atoms with Crippen LogP contribution in [0.5, 0.6) is 0 Å². The SMILES string of the molecule is [2H]c1c(-c2nc(-n3c4ccccc4c4c5sc6ccccc6c5ccc43)nc3ccccc23)c([2H])c2c(sc3c([2H])c4c([2H])c([2H])c([2H])c([2H])c4c([2H])c32)c1[2H]. The van der Waals surface area contributed by atoms with E-state index in [9.17, 15) is 5.48 Å². The summed E-state index contributed by atoms with van der Waals surface area (Å²) < 4.78 is 85.2. The summed E-state index contributed by atoms with van der Waals surface area (Å²) in [5, 5.41) is 5.10. The Balaban J connectivity index is 1.26. The number of hydrogen-bond acceptors (Lipinski definition) is 4. The first-order valence-electron chi connectivity index (χ1n) is 19.5. The second kappa shape index (κ2) is 9.46. The van der Waals surface area contributed by atoms with E-state index in [1.165, 1.54) is 10.1 Å². The van der Waals surface area contributed by atoms with Gasteiger partial charge in [-0.15, -0.1) is 22.7 Å². The molecule has 218 valence electrons. The van der Waals surface area contributed by atoms with Crippen LogP contribution in [0.15, 0.2) is 139 Å². The van der Waals surface area contributed by atoms with E-state index >= 15 is 0 Å². The van der Waals surface area contributed by atoms with Gasteiger partial charge in [0.25, 0.3) is 0 Å². The average Bonchev–Trinajstić information content (AvgIpc) is 3.90. The van der Waals surface area contributed by atoms with E-state index in [1.807, 2.05) is 59.2 Å². The Morgan fingerprint density at radius 1 is 0.532 bits per heavy atom. The van der Waals surface area contributed by atoms with Crippen LogP contribution in [-0.2, 0) is 0 Å². The highest BCUT2D eigenvalue weighted by Gasteiger charge is 2.20. The molecule has 0 aliphatic heterocycles. The summed E-state index contributed by atoms with van der Waals surface area (Å²) >= 11 is 2.72. The molecule has 0 saturated carbocycles. The molecule has 5 heteroatoms. The number of nitrogens with zero attached hydrogens (tertiary/aromatic N) is 3. The average molecular weight is 643 g/mol. The Morgan fingerprint density at radius 2 is 1.30 bits per heavy atom. The van der Waals surface area contributed by atoms with Crippen molar-refractivity contribution in [3.8, 4) is 17.2 Å². The lowest BCUT2D eigenvalue weighted by molar-refractivity contribution is 1.01. The first-order valence-corrected chi connectivity index (χ1v) is 16.7. The molecule has 0 unspecified atom stereocenters. The smallest absolute Gasteiger partial charge is 0.235 e. The van der Waals surface area contributed by atoms with Gasteiger partial charge in [-0.2, -0.15) is 0 Å². The van der Waals surface area contributed by atoms with Crippen LogP contribution in [0.25, 0.3) is 101 Å². The van der Waals surface area contributed by atoms with Gasteiger partial charge in [-0.05, 0) is 59.2 Å². The van der Waals surface area contributed by atoms with E-state index in [4.69, 9.17) is 16.8 Å². The van der Waals surface area contributed by atoms with Gasteiger partial charge in [-0.1, -0.05) is 90.9 Å². The number of rotatable bonds is 2. The molecular weight excluding hydrogens is 611 g/mol. The topological polar surface area (TPSA) is 30.7 Å². The fourth-order valence-electron chi connectivity index (χ4n) is 6.78. The van der Waals surface area contributed by atoms with Crippen LogP contribution >= 0.6 is 22.7 Å². The van der Waals surface area contributed by atoms with Crippen molar-refractivity contribution in [2.24, 2.45) is 0 Å². The molecule has 0 radical (unpaired) electrons. The van der Waals surface area contributed by atoms with Crippen LogP contribution in [0, 0.1) is 0 Å². The van der Waals surface area contributed by atoms with Gasteiger partial charge < -0.3 is 0 Å². The van der Waals surface area contributed by atoms with Crippen molar-refractivity contribution in [2.75, 3.05) is 0 Å². The Bertz CT molecular complexity index is 3610. The van der Waals surface area contributed by atoms with Gasteiger partial charge in [0, 0.05) is 62.1 Å². The molecule has 0 aliphatic carbocycles. The Morgan fingerprint density at radius 3 is 2.21 bits per heavy atom. The zero-order valence-electron chi connectivity index (χ0n) is 33.2. The van der Waals surface area contributed by atoms with Gasteiger partial charge in [-0.3, -0.25) is 4.57 Å². The maximum atomic E-state index is 9.73. The summed E-state index contributed by atoms with van der Waals surface area (Å²) in [7, 11) is 0. The molecule has 0 bridgehead atoms. The second-order valence-electron chi connectivity index (χ2n) is 11.4. The first-order chi connectivity index (χ1) is 27.1. The molecule has 0 atom stereocenters. The quantitative estimate of drug-likeness (QED) is 0.188. The highest BCUT2D eigenvalue weighted by Crippen LogP contribution is 2.44. The molecule has 7 aromatic carbocycles. The van der Waals surface area contributed by atoms with Crippen molar-refractivity contribution in [1.29, 1.82) is 0 Å². The van der Waals surface area contributed by atoms with Crippen LogP contribution < -0.4 is 0 Å². The van der Waals surface area contributed by atoms with Crippen LogP contribution in [0.4, 0.5) is 0 Å². The first kappa shape index (κ1) is 18.5. The normalized spacial score (nSPS) is 14.9. The predicted octanol–water partition coefficient (Wildman–Crippen LogP) is 12.3. The van der Waals surface area contributed by atoms with Crippen molar-refractivity contribution < 1.29 is 12.3 Å². The maximum Gasteiger partial charge on any atom is 0.235 e. The van der Waals surface area contributed by atoms with Crippen LogP contribution in [0.2, 0.25) is 0 Å². The molecule has 11 rings (SSSR count). The molecule has 0 amide bonds. The fraction of sp³-hybridized carbons (Fsp3) is 0. The summed E-state index contributed by atoms with van der Waals surface area (Å²) in [4.78, 5) is 10.2. The third-order valence-electron chi connectivity index (χ3n) is 8.84. The number of hydrogen-bond donors (Lipinski definition) is 0. The standard InChI is InChI=1S/C42H23N3S2/c1-2-10-25-23-38-32(21-24(25)9-1)31-22-26(17-20-37(31)46-38)40-29-12-3-6-14-33(29)43-42(44-40)45-34-15-7-4-13-30(34)39-35(45)19-18-28-27-11-5-8-16-36(27)47-41(28)39/h1-23H/i1D,2D,9D,10D,17D,20D,21D,22D,23D. The van der Waals surface area contributed by atoms with Crippen LogP contribution in [0.3, 0.4) is 0 Å². The summed E-state index contributed by atoms with van der Waals surface area (Å²) in [5.74, 6) is 0.322. The Hall–Kier alpha value is -5.62. The molecule has 11 aromatic rings. The largest absolute Gasteiger partial charge is 0.278 e. The fourth-order valence-corrected chi connectivity index (χ4v) is 9.01. The molecular formula is C42H23N3S2. The molecule has 0 fully saturated rings. The van der Waals surface area contributed by atoms with Crippen molar-refractivity contribution in [3.63, 3.8) is 0 Å². The summed E-state index contributed by atoms with van der Waals surface area (Å²) in [6, 6.07) is 25.1. The molecule has 0 saturated heterocycles. The van der Waals surface area contributed by atoms with Crippen molar-refractivity contribution in [3.05, 3.63) is 139 Å². The lowest BCUT2D eigenvalue weighted by Crippen LogP contribution is -2.03. The lowest BCUT2D eigenvalue weighted by Gasteiger charge is -2.12. The second-order valence-corrected chi connectivity index (χ2v) is 13.5. The van der Waals surface area contributed by atoms with E-state index in [2.05, 4.69) is 30.3 Å². The lowest BCUT2D eigenvalue weighted by atomic mass is 10.0. The predicted molar refractivity (Wildman–Crippen MR) is 203 cm³/mol. The molecule has 4 heterocycles. The molecule has 3 nitrogen and oxygen atoms in total. The number of fused-ring (bicyclic) bond motifs is 12. The van der Waals surface area contributed by atoms with Gasteiger partial charge >= 0.3 is 0 Å².